The molecule has 28 heavy (non-hydrogen) atoms. The van der Waals surface area contributed by atoms with Gasteiger partial charge >= 0.3 is 0 Å². The molecule has 1 aromatic rings. The molecule has 0 unspecified atom stereocenters. The Labute approximate surface area is 166 Å². The summed E-state index contributed by atoms with van der Waals surface area (Å²) in [7, 11) is 1.73. The first-order valence-corrected chi connectivity index (χ1v) is 10.3. The summed E-state index contributed by atoms with van der Waals surface area (Å²) in [5.74, 6) is 0.818. The van der Waals surface area contributed by atoms with E-state index in [1.165, 1.54) is 12.1 Å². The first-order chi connectivity index (χ1) is 13.5. The minimum absolute atomic E-state index is 0.0715. The van der Waals surface area contributed by atoms with Gasteiger partial charge in [0.2, 0.25) is 0 Å². The third-order valence-electron chi connectivity index (χ3n) is 5.63. The molecule has 0 aromatic carbocycles. The zero-order valence-corrected chi connectivity index (χ0v) is 17.0. The number of rotatable bonds is 8. The highest BCUT2D eigenvalue weighted by atomic mass is 16.5. The van der Waals surface area contributed by atoms with E-state index in [9.17, 15) is 9.59 Å². The van der Waals surface area contributed by atoms with Crippen LogP contribution in [0.15, 0.2) is 21.3 Å². The molecule has 1 aromatic heterocycles. The summed E-state index contributed by atoms with van der Waals surface area (Å²) in [4.78, 5) is 29.2. The summed E-state index contributed by atoms with van der Waals surface area (Å²) in [6.07, 6.45) is 4.18. The summed E-state index contributed by atoms with van der Waals surface area (Å²) in [6, 6.07) is 2.70. The van der Waals surface area contributed by atoms with Crippen molar-refractivity contribution < 1.29 is 18.7 Å². The molecule has 0 bridgehead atoms. The molecule has 0 spiro atoms. The molecule has 2 fully saturated rings. The largest absolute Gasteiger partial charge is 0.456 e. The Morgan fingerprint density at radius 2 is 2.04 bits per heavy atom. The predicted molar refractivity (Wildman–Crippen MR) is 106 cm³/mol. The van der Waals surface area contributed by atoms with Gasteiger partial charge in [0.1, 0.15) is 5.76 Å². The molecule has 0 N–H and O–H groups in total. The maximum absolute atomic E-state index is 13.1. The smallest absolute Gasteiger partial charge is 0.289 e. The summed E-state index contributed by atoms with van der Waals surface area (Å²) in [5, 5.41) is 0. The van der Waals surface area contributed by atoms with E-state index in [1.807, 2.05) is 4.90 Å². The fraction of sp³-hybridized carbons (Fsp3) is 0.714. The molecule has 0 saturated carbocycles. The van der Waals surface area contributed by atoms with E-state index < -0.39 is 0 Å². The Morgan fingerprint density at radius 3 is 2.68 bits per heavy atom. The number of carbonyl (C=O) groups excluding carboxylic acids is 1. The summed E-state index contributed by atoms with van der Waals surface area (Å²) in [6.45, 7) is 7.43. The van der Waals surface area contributed by atoms with Crippen molar-refractivity contribution in [3.05, 3.63) is 33.9 Å². The molecule has 7 nitrogen and oxygen atoms in total. The van der Waals surface area contributed by atoms with E-state index in [0.29, 0.717) is 24.8 Å². The number of piperidine rings is 1. The van der Waals surface area contributed by atoms with Gasteiger partial charge in [0, 0.05) is 45.5 Å². The van der Waals surface area contributed by atoms with E-state index in [4.69, 9.17) is 13.9 Å². The third-order valence-corrected chi connectivity index (χ3v) is 5.63. The standard InChI is InChI=1S/C21H32N2O5/c1-16-12-18(24)13-20(28-16)21(25)23(15-19-4-3-10-27-19)14-17-5-7-22(8-6-17)9-11-26-2/h12-13,17,19H,3-11,14-15H2,1-2H3/t19-/m1/s1. The molecule has 0 aliphatic carbocycles. The van der Waals surface area contributed by atoms with Crippen LogP contribution in [0.4, 0.5) is 0 Å². The van der Waals surface area contributed by atoms with Gasteiger partial charge in [0.05, 0.1) is 12.7 Å². The quantitative estimate of drug-likeness (QED) is 0.673. The normalized spacial score (nSPS) is 21.1. The second-order valence-electron chi connectivity index (χ2n) is 7.89. The van der Waals surface area contributed by atoms with Gasteiger partial charge in [-0.25, -0.2) is 0 Å². The van der Waals surface area contributed by atoms with Crippen LogP contribution in [0.25, 0.3) is 0 Å². The molecule has 1 amide bonds. The van der Waals surface area contributed by atoms with Crippen molar-refractivity contribution in [1.82, 2.24) is 9.80 Å². The van der Waals surface area contributed by atoms with Crippen LogP contribution in [-0.2, 0) is 9.47 Å². The maximum atomic E-state index is 13.1. The fourth-order valence-electron chi connectivity index (χ4n) is 4.06. The monoisotopic (exact) mass is 392 g/mol. The first kappa shape index (κ1) is 21.0. The van der Waals surface area contributed by atoms with Gasteiger partial charge in [-0.05, 0) is 51.6 Å². The molecule has 3 heterocycles. The number of hydrogen-bond acceptors (Lipinski definition) is 6. The lowest BCUT2D eigenvalue weighted by Gasteiger charge is -2.35. The van der Waals surface area contributed by atoms with Crippen molar-refractivity contribution in [2.24, 2.45) is 5.92 Å². The highest BCUT2D eigenvalue weighted by Gasteiger charge is 2.29. The van der Waals surface area contributed by atoms with Crippen LogP contribution < -0.4 is 5.43 Å². The average Bonchev–Trinajstić information content (AvgIpc) is 3.18. The Balaban J connectivity index is 1.65. The van der Waals surface area contributed by atoms with Crippen LogP contribution in [0.2, 0.25) is 0 Å². The van der Waals surface area contributed by atoms with E-state index in [-0.39, 0.29) is 23.2 Å². The maximum Gasteiger partial charge on any atom is 0.289 e. The Morgan fingerprint density at radius 1 is 1.25 bits per heavy atom. The molecule has 3 rings (SSSR count). The number of ether oxygens (including phenoxy) is 2. The molecule has 2 aliphatic rings. The van der Waals surface area contributed by atoms with Crippen LogP contribution >= 0.6 is 0 Å². The SMILES string of the molecule is COCCN1CCC(CN(C[C@H]2CCCO2)C(=O)c2cc(=O)cc(C)o2)CC1. The number of likely N-dealkylation sites (tertiary alicyclic amines) is 1. The number of aryl methyl sites for hydroxylation is 1. The van der Waals surface area contributed by atoms with E-state index in [0.717, 1.165) is 58.5 Å². The lowest BCUT2D eigenvalue weighted by molar-refractivity contribution is 0.0412. The van der Waals surface area contributed by atoms with Gasteiger partial charge in [0.15, 0.2) is 11.2 Å². The third kappa shape index (κ3) is 5.90. The van der Waals surface area contributed by atoms with Gasteiger partial charge in [-0.15, -0.1) is 0 Å². The summed E-state index contributed by atoms with van der Waals surface area (Å²) >= 11 is 0. The van der Waals surface area contributed by atoms with Crippen molar-refractivity contribution in [2.75, 3.05) is 53.0 Å². The van der Waals surface area contributed by atoms with Gasteiger partial charge in [-0.2, -0.15) is 0 Å². The number of amides is 1. The molecule has 2 saturated heterocycles. The number of methoxy groups -OCH3 is 1. The first-order valence-electron chi connectivity index (χ1n) is 10.3. The molecular weight excluding hydrogens is 360 g/mol. The Kier molecular flexibility index (Phi) is 7.65. The van der Waals surface area contributed by atoms with Crippen molar-refractivity contribution in [3.63, 3.8) is 0 Å². The number of carbonyl (C=O) groups is 1. The zero-order valence-electron chi connectivity index (χ0n) is 17.0. The average molecular weight is 392 g/mol. The van der Waals surface area contributed by atoms with Gasteiger partial charge in [-0.3, -0.25) is 9.59 Å². The van der Waals surface area contributed by atoms with E-state index in [2.05, 4.69) is 4.90 Å². The lowest BCUT2D eigenvalue weighted by Crippen LogP contribution is -2.44. The van der Waals surface area contributed by atoms with Crippen molar-refractivity contribution in [2.45, 2.75) is 38.7 Å². The minimum atomic E-state index is -0.210. The molecular formula is C21H32N2O5. The van der Waals surface area contributed by atoms with Crippen LogP contribution in [0, 0.1) is 12.8 Å². The number of nitrogens with zero attached hydrogens (tertiary/aromatic N) is 2. The topological polar surface area (TPSA) is 72.2 Å². The zero-order chi connectivity index (χ0) is 19.9. The van der Waals surface area contributed by atoms with Crippen LogP contribution in [0.1, 0.15) is 42.0 Å². The van der Waals surface area contributed by atoms with Gasteiger partial charge < -0.3 is 23.7 Å². The minimum Gasteiger partial charge on any atom is -0.456 e. The Bertz CT molecular complexity index is 690. The summed E-state index contributed by atoms with van der Waals surface area (Å²) in [5.41, 5.74) is -0.199. The predicted octanol–water partition coefficient (Wildman–Crippen LogP) is 1.93. The van der Waals surface area contributed by atoms with Crippen molar-refractivity contribution in [1.29, 1.82) is 0 Å². The second-order valence-corrected chi connectivity index (χ2v) is 7.89. The molecule has 0 radical (unpaired) electrons. The molecule has 156 valence electrons. The fourth-order valence-corrected chi connectivity index (χ4v) is 4.06. The Hall–Kier alpha value is -1.70. The van der Waals surface area contributed by atoms with Crippen LogP contribution in [0.5, 0.6) is 0 Å². The number of hydrogen-bond donors (Lipinski definition) is 0. The van der Waals surface area contributed by atoms with E-state index >= 15 is 0 Å². The van der Waals surface area contributed by atoms with E-state index in [1.54, 1.807) is 14.0 Å². The summed E-state index contributed by atoms with van der Waals surface area (Å²) < 4.78 is 16.5. The highest BCUT2D eigenvalue weighted by Crippen LogP contribution is 2.21. The van der Waals surface area contributed by atoms with Crippen LogP contribution in [-0.4, -0.2) is 74.9 Å². The van der Waals surface area contributed by atoms with Gasteiger partial charge in [-0.1, -0.05) is 0 Å². The lowest BCUT2D eigenvalue weighted by atomic mass is 9.95. The molecule has 1 atom stereocenters. The van der Waals surface area contributed by atoms with Crippen LogP contribution in [0.3, 0.4) is 0 Å². The molecule has 2 aliphatic heterocycles. The highest BCUT2D eigenvalue weighted by molar-refractivity contribution is 5.91. The molecule has 7 heteroatoms. The van der Waals surface area contributed by atoms with Gasteiger partial charge in [0.25, 0.3) is 5.91 Å². The second kappa shape index (κ2) is 10.2. The van der Waals surface area contributed by atoms with Crippen molar-refractivity contribution >= 4 is 5.91 Å². The van der Waals surface area contributed by atoms with Crippen molar-refractivity contribution in [3.8, 4) is 0 Å².